The minimum Gasteiger partial charge on any atom is -0.306 e. The van der Waals surface area contributed by atoms with Crippen LogP contribution in [-0.2, 0) is 6.54 Å². The predicted molar refractivity (Wildman–Crippen MR) is 95.7 cm³/mol. The van der Waals surface area contributed by atoms with Crippen LogP contribution in [0.4, 0.5) is 0 Å². The molecule has 0 saturated heterocycles. The van der Waals surface area contributed by atoms with Gasteiger partial charge in [-0.05, 0) is 40.6 Å². The molecule has 0 aliphatic heterocycles. The van der Waals surface area contributed by atoms with E-state index in [-0.39, 0.29) is 6.04 Å². The van der Waals surface area contributed by atoms with Crippen molar-refractivity contribution in [2.24, 2.45) is 0 Å². The van der Waals surface area contributed by atoms with Gasteiger partial charge in [-0.1, -0.05) is 36.4 Å². The van der Waals surface area contributed by atoms with E-state index in [0.717, 1.165) is 27.9 Å². The Hall–Kier alpha value is -3.12. The first-order valence-corrected chi connectivity index (χ1v) is 8.20. The highest BCUT2D eigenvalue weighted by Crippen LogP contribution is 2.22. The molecule has 3 heterocycles. The van der Waals surface area contributed by atoms with Crippen molar-refractivity contribution in [3.8, 4) is 11.1 Å². The van der Waals surface area contributed by atoms with Crippen LogP contribution in [-0.4, -0.2) is 25.0 Å². The largest absolute Gasteiger partial charge is 0.306 e. The Morgan fingerprint density at radius 2 is 1.96 bits per heavy atom. The van der Waals surface area contributed by atoms with Crippen LogP contribution < -0.4 is 5.32 Å². The Morgan fingerprint density at radius 1 is 1.08 bits per heavy atom. The smallest absolute Gasteiger partial charge is 0.183 e. The summed E-state index contributed by atoms with van der Waals surface area (Å²) in [7, 11) is 0. The van der Waals surface area contributed by atoms with Gasteiger partial charge >= 0.3 is 0 Å². The van der Waals surface area contributed by atoms with Crippen LogP contribution in [0.1, 0.15) is 24.1 Å². The van der Waals surface area contributed by atoms with E-state index in [0.29, 0.717) is 6.54 Å². The van der Waals surface area contributed by atoms with Crippen LogP contribution in [0.2, 0.25) is 0 Å². The van der Waals surface area contributed by atoms with E-state index in [4.69, 9.17) is 0 Å². The molecule has 0 bridgehead atoms. The maximum Gasteiger partial charge on any atom is 0.183 e. The third-order valence-electron chi connectivity index (χ3n) is 4.26. The second-order valence-corrected chi connectivity index (χ2v) is 5.96. The minimum absolute atomic E-state index is 0.185. The topological polar surface area (TPSA) is 68.0 Å². The molecule has 6 nitrogen and oxygen atoms in total. The van der Waals surface area contributed by atoms with E-state index in [1.165, 1.54) is 0 Å². The number of nitrogens with one attached hydrogen (secondary N) is 1. The molecule has 0 aliphatic carbocycles. The molecule has 0 amide bonds. The average molecular weight is 330 g/mol. The van der Waals surface area contributed by atoms with Crippen molar-refractivity contribution in [2.45, 2.75) is 19.5 Å². The first-order chi connectivity index (χ1) is 12.3. The van der Waals surface area contributed by atoms with Crippen molar-refractivity contribution in [3.63, 3.8) is 0 Å². The molecule has 1 aromatic carbocycles. The zero-order chi connectivity index (χ0) is 17.1. The van der Waals surface area contributed by atoms with Crippen molar-refractivity contribution in [3.05, 3.63) is 78.2 Å². The van der Waals surface area contributed by atoms with Crippen molar-refractivity contribution >= 4 is 5.65 Å². The number of rotatable bonds is 5. The number of benzene rings is 1. The van der Waals surface area contributed by atoms with Gasteiger partial charge in [-0.25, -0.2) is 0 Å². The molecule has 4 rings (SSSR count). The van der Waals surface area contributed by atoms with Gasteiger partial charge in [0.15, 0.2) is 5.65 Å². The van der Waals surface area contributed by atoms with Crippen LogP contribution in [0.15, 0.2) is 67.1 Å². The number of tetrazole rings is 1. The Kier molecular flexibility index (Phi) is 4.18. The van der Waals surface area contributed by atoms with Gasteiger partial charge in [0.25, 0.3) is 0 Å². The second kappa shape index (κ2) is 6.78. The Balaban J connectivity index is 1.63. The summed E-state index contributed by atoms with van der Waals surface area (Å²) in [5.41, 5.74) is 5.21. The summed E-state index contributed by atoms with van der Waals surface area (Å²) in [5, 5.41) is 15.6. The number of pyridine rings is 2. The molecule has 0 aliphatic rings. The summed E-state index contributed by atoms with van der Waals surface area (Å²) in [6, 6.07) is 16.6. The van der Waals surface area contributed by atoms with E-state index in [1.807, 2.05) is 36.7 Å². The lowest BCUT2D eigenvalue weighted by Crippen LogP contribution is -2.18. The average Bonchev–Trinajstić information content (AvgIpc) is 3.16. The van der Waals surface area contributed by atoms with Gasteiger partial charge in [-0.3, -0.25) is 4.98 Å². The second-order valence-electron chi connectivity index (χ2n) is 5.96. The van der Waals surface area contributed by atoms with Crippen molar-refractivity contribution in [1.82, 2.24) is 30.3 Å². The van der Waals surface area contributed by atoms with Gasteiger partial charge < -0.3 is 5.32 Å². The van der Waals surface area contributed by atoms with Gasteiger partial charge in [-0.2, -0.15) is 4.52 Å². The van der Waals surface area contributed by atoms with Crippen molar-refractivity contribution < 1.29 is 0 Å². The lowest BCUT2D eigenvalue weighted by molar-refractivity contribution is 0.573. The number of hydrogen-bond donors (Lipinski definition) is 1. The molecule has 25 heavy (non-hydrogen) atoms. The summed E-state index contributed by atoms with van der Waals surface area (Å²) in [5.74, 6) is 0. The van der Waals surface area contributed by atoms with Crippen molar-refractivity contribution in [1.29, 1.82) is 0 Å². The zero-order valence-corrected chi connectivity index (χ0v) is 13.9. The number of hydrogen-bond acceptors (Lipinski definition) is 5. The molecular formula is C19H18N6. The lowest BCUT2D eigenvalue weighted by Gasteiger charge is -2.14. The van der Waals surface area contributed by atoms with E-state index in [9.17, 15) is 0 Å². The molecule has 1 N–H and O–H groups in total. The van der Waals surface area contributed by atoms with Crippen molar-refractivity contribution in [2.75, 3.05) is 0 Å². The highest BCUT2D eigenvalue weighted by atomic mass is 15.5. The fraction of sp³-hybridized carbons (Fsp3) is 0.158. The van der Waals surface area contributed by atoms with Crippen LogP contribution in [0.25, 0.3) is 16.8 Å². The number of aromatic nitrogens is 5. The third-order valence-corrected chi connectivity index (χ3v) is 4.26. The fourth-order valence-corrected chi connectivity index (χ4v) is 2.84. The first kappa shape index (κ1) is 15.4. The summed E-state index contributed by atoms with van der Waals surface area (Å²) < 4.78 is 1.73. The molecule has 0 spiro atoms. The highest BCUT2D eigenvalue weighted by Gasteiger charge is 2.11. The minimum atomic E-state index is 0.185. The SMILES string of the molecule is C[C@@H](NCc1cc(-c2ccccc2)cn2nnnc12)c1cccnc1. The molecule has 0 fully saturated rings. The standard InChI is InChI=1S/C19H18N6/c1-14(16-8-5-9-20-11-16)21-12-17-10-18(15-6-3-2-4-7-15)13-25-19(17)22-23-24-25/h2-11,13-14,21H,12H2,1H3/t14-/m1/s1. The van der Waals surface area contributed by atoms with E-state index in [1.54, 1.807) is 10.7 Å². The Labute approximate surface area is 145 Å². The maximum atomic E-state index is 4.18. The predicted octanol–water partition coefficient (Wildman–Crippen LogP) is 3.04. The number of nitrogens with zero attached hydrogens (tertiary/aromatic N) is 5. The molecule has 1 atom stereocenters. The molecule has 3 aromatic heterocycles. The van der Waals surface area contributed by atoms with Crippen LogP contribution in [0, 0.1) is 0 Å². The number of fused-ring (bicyclic) bond motifs is 1. The Bertz CT molecular complexity index is 965. The normalized spacial score (nSPS) is 12.4. The van der Waals surface area contributed by atoms with Gasteiger partial charge in [-0.15, -0.1) is 5.10 Å². The fourth-order valence-electron chi connectivity index (χ4n) is 2.84. The monoisotopic (exact) mass is 330 g/mol. The van der Waals surface area contributed by atoms with E-state index in [2.05, 4.69) is 57.0 Å². The van der Waals surface area contributed by atoms with Gasteiger partial charge in [0.2, 0.25) is 0 Å². The summed E-state index contributed by atoms with van der Waals surface area (Å²) in [6.07, 6.45) is 5.62. The molecule has 6 heteroatoms. The van der Waals surface area contributed by atoms with Gasteiger partial charge in [0.1, 0.15) is 0 Å². The lowest BCUT2D eigenvalue weighted by atomic mass is 10.1. The maximum absolute atomic E-state index is 4.18. The highest BCUT2D eigenvalue weighted by molar-refractivity contribution is 5.66. The van der Waals surface area contributed by atoms with E-state index >= 15 is 0 Å². The Morgan fingerprint density at radius 3 is 2.76 bits per heavy atom. The molecule has 4 aromatic rings. The molecule has 0 unspecified atom stereocenters. The third kappa shape index (κ3) is 3.25. The summed E-state index contributed by atoms with van der Waals surface area (Å²) in [4.78, 5) is 4.18. The molecule has 0 radical (unpaired) electrons. The summed E-state index contributed by atoms with van der Waals surface area (Å²) in [6.45, 7) is 2.79. The zero-order valence-electron chi connectivity index (χ0n) is 13.9. The van der Waals surface area contributed by atoms with Gasteiger partial charge in [0, 0.05) is 42.3 Å². The first-order valence-electron chi connectivity index (χ1n) is 8.20. The molecule has 124 valence electrons. The molecular weight excluding hydrogens is 312 g/mol. The van der Waals surface area contributed by atoms with Crippen LogP contribution in [0.3, 0.4) is 0 Å². The van der Waals surface area contributed by atoms with Crippen LogP contribution in [0.5, 0.6) is 0 Å². The molecule has 0 saturated carbocycles. The summed E-state index contributed by atoms with van der Waals surface area (Å²) >= 11 is 0. The quantitative estimate of drug-likeness (QED) is 0.609. The van der Waals surface area contributed by atoms with E-state index < -0.39 is 0 Å². The van der Waals surface area contributed by atoms with Gasteiger partial charge in [0.05, 0.1) is 0 Å². The van der Waals surface area contributed by atoms with Crippen LogP contribution >= 0.6 is 0 Å².